The quantitative estimate of drug-likeness (QED) is 0.619. The van der Waals surface area contributed by atoms with Crippen LogP contribution in [0, 0.1) is 6.92 Å². The zero-order chi connectivity index (χ0) is 16.7. The van der Waals surface area contributed by atoms with E-state index in [1.54, 1.807) is 25.5 Å². The number of rotatable bonds is 6. The molecule has 1 heterocycles. The Morgan fingerprint density at radius 1 is 1.43 bits per heavy atom. The summed E-state index contributed by atoms with van der Waals surface area (Å²) in [6.45, 7) is 3.28. The molecule has 0 aliphatic heterocycles. The van der Waals surface area contributed by atoms with E-state index in [9.17, 15) is 0 Å². The lowest BCUT2D eigenvalue weighted by atomic mass is 10.1. The van der Waals surface area contributed by atoms with Crippen molar-refractivity contribution in [3.63, 3.8) is 0 Å². The van der Waals surface area contributed by atoms with Crippen LogP contribution in [0.3, 0.4) is 0 Å². The van der Waals surface area contributed by atoms with Crippen LogP contribution in [0.4, 0.5) is 0 Å². The van der Waals surface area contributed by atoms with E-state index in [-0.39, 0.29) is 6.10 Å². The molecule has 0 fully saturated rings. The highest BCUT2D eigenvalue weighted by Gasteiger charge is 2.12. The Morgan fingerprint density at radius 3 is 2.87 bits per heavy atom. The van der Waals surface area contributed by atoms with Crippen molar-refractivity contribution in [2.75, 3.05) is 20.7 Å². The van der Waals surface area contributed by atoms with Gasteiger partial charge in [0.2, 0.25) is 0 Å². The molecule has 0 aliphatic rings. The predicted molar refractivity (Wildman–Crippen MR) is 96.3 cm³/mol. The van der Waals surface area contributed by atoms with Crippen molar-refractivity contribution in [2.45, 2.75) is 19.6 Å². The first-order chi connectivity index (χ1) is 11.1. The molecule has 1 unspecified atom stereocenters. The first-order valence-corrected chi connectivity index (χ1v) is 8.46. The molecule has 2 N–H and O–H groups in total. The summed E-state index contributed by atoms with van der Waals surface area (Å²) in [5.74, 6) is 0.710. The van der Waals surface area contributed by atoms with Crippen molar-refractivity contribution >= 4 is 28.9 Å². The highest BCUT2D eigenvalue weighted by atomic mass is 35.5. The monoisotopic (exact) mass is 352 g/mol. The molecule has 5 nitrogen and oxygen atoms in total. The van der Waals surface area contributed by atoms with Crippen molar-refractivity contribution in [3.8, 4) is 0 Å². The summed E-state index contributed by atoms with van der Waals surface area (Å²) in [6.07, 6.45) is 1.77. The summed E-state index contributed by atoms with van der Waals surface area (Å²) in [5, 5.41) is 8.24. The molecule has 0 saturated heterocycles. The number of methoxy groups -OCH3 is 1. The van der Waals surface area contributed by atoms with E-state index in [1.165, 1.54) is 4.88 Å². The lowest BCUT2D eigenvalue weighted by Gasteiger charge is -2.18. The van der Waals surface area contributed by atoms with Crippen LogP contribution in [-0.4, -0.2) is 31.6 Å². The number of ether oxygens (including phenoxy) is 1. The van der Waals surface area contributed by atoms with Crippen molar-refractivity contribution in [1.82, 2.24) is 15.6 Å². The highest BCUT2D eigenvalue weighted by Crippen LogP contribution is 2.19. The van der Waals surface area contributed by atoms with E-state index in [2.05, 4.69) is 20.6 Å². The second-order valence-corrected chi connectivity index (χ2v) is 6.71. The summed E-state index contributed by atoms with van der Waals surface area (Å²) in [7, 11) is 3.42. The summed E-state index contributed by atoms with van der Waals surface area (Å²) in [4.78, 5) is 9.74. The number of guanidine groups is 1. The number of aryl methyl sites for hydroxylation is 1. The van der Waals surface area contributed by atoms with E-state index in [0.717, 1.165) is 10.6 Å². The molecule has 2 aromatic rings. The minimum Gasteiger partial charge on any atom is -0.375 e. The topological polar surface area (TPSA) is 58.5 Å². The van der Waals surface area contributed by atoms with E-state index in [4.69, 9.17) is 16.3 Å². The van der Waals surface area contributed by atoms with Crippen LogP contribution in [0.5, 0.6) is 0 Å². The molecule has 0 spiro atoms. The summed E-state index contributed by atoms with van der Waals surface area (Å²) < 4.78 is 5.54. The molecule has 2 rings (SSSR count). The Labute approximate surface area is 145 Å². The van der Waals surface area contributed by atoms with Gasteiger partial charge in [-0.1, -0.05) is 23.7 Å². The second-order valence-electron chi connectivity index (χ2n) is 4.95. The molecule has 0 saturated carbocycles. The van der Waals surface area contributed by atoms with Gasteiger partial charge in [-0.15, -0.1) is 11.3 Å². The predicted octanol–water partition coefficient (Wildman–Crippen LogP) is 3.16. The van der Waals surface area contributed by atoms with E-state index < -0.39 is 0 Å². The zero-order valence-corrected chi connectivity index (χ0v) is 15.0. The van der Waals surface area contributed by atoms with Gasteiger partial charge < -0.3 is 15.4 Å². The molecule has 23 heavy (non-hydrogen) atoms. The van der Waals surface area contributed by atoms with Gasteiger partial charge in [-0.2, -0.15) is 0 Å². The Kier molecular flexibility index (Phi) is 6.83. The van der Waals surface area contributed by atoms with Crippen LogP contribution in [0.1, 0.15) is 21.6 Å². The first-order valence-electron chi connectivity index (χ1n) is 7.26. The SMILES string of the molecule is CN=C(NCc1ncc(C)s1)NCC(OC)c1cccc(Cl)c1. The van der Waals surface area contributed by atoms with Crippen molar-refractivity contribution in [3.05, 3.63) is 50.9 Å². The van der Waals surface area contributed by atoms with Gasteiger partial charge in [0.25, 0.3) is 0 Å². The van der Waals surface area contributed by atoms with Gasteiger partial charge in [0, 0.05) is 36.8 Å². The molecular weight excluding hydrogens is 332 g/mol. The van der Waals surface area contributed by atoms with Crippen LogP contribution < -0.4 is 10.6 Å². The number of nitrogens with zero attached hydrogens (tertiary/aromatic N) is 2. The fraction of sp³-hybridized carbons (Fsp3) is 0.375. The molecule has 0 amide bonds. The number of aromatic nitrogens is 1. The van der Waals surface area contributed by atoms with Crippen molar-refractivity contribution in [2.24, 2.45) is 4.99 Å². The maximum Gasteiger partial charge on any atom is 0.191 e. The Bertz CT molecular complexity index is 659. The fourth-order valence-electron chi connectivity index (χ4n) is 2.10. The van der Waals surface area contributed by atoms with Crippen LogP contribution in [0.25, 0.3) is 0 Å². The lowest BCUT2D eigenvalue weighted by molar-refractivity contribution is 0.106. The summed E-state index contributed by atoms with van der Waals surface area (Å²) in [6, 6.07) is 7.67. The number of thiazole rings is 1. The largest absolute Gasteiger partial charge is 0.375 e. The molecule has 7 heteroatoms. The van der Waals surface area contributed by atoms with Gasteiger partial charge in [0.05, 0.1) is 12.6 Å². The highest BCUT2D eigenvalue weighted by molar-refractivity contribution is 7.11. The van der Waals surface area contributed by atoms with Gasteiger partial charge >= 0.3 is 0 Å². The molecule has 0 bridgehead atoms. The third kappa shape index (κ3) is 5.49. The zero-order valence-electron chi connectivity index (χ0n) is 13.5. The molecule has 1 aromatic heterocycles. The van der Waals surface area contributed by atoms with Gasteiger partial charge in [0.15, 0.2) is 5.96 Å². The van der Waals surface area contributed by atoms with Crippen LogP contribution in [-0.2, 0) is 11.3 Å². The van der Waals surface area contributed by atoms with E-state index in [0.29, 0.717) is 24.1 Å². The first kappa shape index (κ1) is 17.7. The number of hydrogen-bond acceptors (Lipinski definition) is 4. The molecule has 1 aromatic carbocycles. The standard InChI is InChI=1S/C16H21ClN4OS/c1-11-8-19-15(23-11)10-21-16(18-2)20-9-14(22-3)12-5-4-6-13(17)7-12/h4-8,14H,9-10H2,1-3H3,(H2,18,20,21). The average Bonchev–Trinajstić information content (AvgIpc) is 2.96. The number of halogens is 1. The van der Waals surface area contributed by atoms with Gasteiger partial charge in [-0.05, 0) is 24.6 Å². The van der Waals surface area contributed by atoms with Gasteiger partial charge in [-0.3, -0.25) is 4.99 Å². The molecule has 0 radical (unpaired) electrons. The smallest absolute Gasteiger partial charge is 0.191 e. The van der Waals surface area contributed by atoms with E-state index >= 15 is 0 Å². The van der Waals surface area contributed by atoms with Gasteiger partial charge in [0.1, 0.15) is 5.01 Å². The van der Waals surface area contributed by atoms with Crippen molar-refractivity contribution < 1.29 is 4.74 Å². The van der Waals surface area contributed by atoms with Crippen molar-refractivity contribution in [1.29, 1.82) is 0 Å². The normalized spacial score (nSPS) is 13.0. The number of benzene rings is 1. The Morgan fingerprint density at radius 2 is 2.26 bits per heavy atom. The summed E-state index contributed by atoms with van der Waals surface area (Å²) in [5.41, 5.74) is 1.03. The van der Waals surface area contributed by atoms with Gasteiger partial charge in [-0.25, -0.2) is 4.98 Å². The minimum absolute atomic E-state index is 0.102. The van der Waals surface area contributed by atoms with Crippen LogP contribution in [0.15, 0.2) is 35.5 Å². The summed E-state index contributed by atoms with van der Waals surface area (Å²) >= 11 is 7.71. The maximum absolute atomic E-state index is 6.04. The number of hydrogen-bond donors (Lipinski definition) is 2. The van der Waals surface area contributed by atoms with E-state index in [1.807, 2.05) is 37.4 Å². The molecule has 1 atom stereocenters. The maximum atomic E-state index is 6.04. The second kappa shape index (κ2) is 8.86. The molecule has 0 aliphatic carbocycles. The third-order valence-corrected chi connectivity index (χ3v) is 4.41. The molecular formula is C16H21ClN4OS. The van der Waals surface area contributed by atoms with Crippen LogP contribution in [0.2, 0.25) is 5.02 Å². The Hall–Kier alpha value is -1.63. The third-order valence-electron chi connectivity index (χ3n) is 3.26. The lowest BCUT2D eigenvalue weighted by Crippen LogP contribution is -2.39. The fourth-order valence-corrected chi connectivity index (χ4v) is 3.02. The number of nitrogens with one attached hydrogen (secondary N) is 2. The molecule has 124 valence electrons. The Balaban J connectivity index is 1.88. The number of aliphatic imine (C=N–C) groups is 1. The van der Waals surface area contributed by atoms with Crippen LogP contribution >= 0.6 is 22.9 Å². The average molecular weight is 353 g/mol. The minimum atomic E-state index is -0.102.